The van der Waals surface area contributed by atoms with Crippen molar-refractivity contribution < 1.29 is 9.59 Å². The summed E-state index contributed by atoms with van der Waals surface area (Å²) >= 11 is 0. The number of carbonyl (C=O) groups excluding carboxylic acids is 2. The summed E-state index contributed by atoms with van der Waals surface area (Å²) in [6, 6.07) is 7.87. The molecule has 1 saturated heterocycles. The highest BCUT2D eigenvalue weighted by Crippen LogP contribution is 2.19. The summed E-state index contributed by atoms with van der Waals surface area (Å²) in [6.45, 7) is 13.4. The minimum absolute atomic E-state index is 0.0742. The highest BCUT2D eigenvalue weighted by Gasteiger charge is 2.26. The van der Waals surface area contributed by atoms with Gasteiger partial charge in [-0.25, -0.2) is 0 Å². The number of rotatable bonds is 7. The predicted octanol–water partition coefficient (Wildman–Crippen LogP) is 2.17. The Morgan fingerprint density at radius 3 is 2.37 bits per heavy atom. The van der Waals surface area contributed by atoms with Gasteiger partial charge in [-0.3, -0.25) is 19.5 Å². The first kappa shape index (κ1) is 22.0. The molecule has 3 heterocycles. The lowest BCUT2D eigenvalue weighted by atomic mass is 10.2. The van der Waals surface area contributed by atoms with Crippen molar-refractivity contribution in [1.82, 2.24) is 24.3 Å². The second-order valence-electron chi connectivity index (χ2n) is 7.83. The number of amides is 2. The lowest BCUT2D eigenvalue weighted by Crippen LogP contribution is -2.51. The maximum atomic E-state index is 13.2. The largest absolute Gasteiger partial charge is 0.342 e. The third-order valence-corrected chi connectivity index (χ3v) is 5.98. The van der Waals surface area contributed by atoms with Gasteiger partial charge in [0.25, 0.3) is 5.91 Å². The van der Waals surface area contributed by atoms with Crippen molar-refractivity contribution in [2.45, 2.75) is 34.2 Å². The summed E-state index contributed by atoms with van der Waals surface area (Å²) in [4.78, 5) is 35.8. The van der Waals surface area contributed by atoms with Gasteiger partial charge >= 0.3 is 0 Å². The summed E-state index contributed by atoms with van der Waals surface area (Å²) in [7, 11) is 0. The minimum Gasteiger partial charge on any atom is -0.342 e. The first-order chi connectivity index (χ1) is 14.4. The molecule has 0 atom stereocenters. The number of piperazine rings is 1. The third kappa shape index (κ3) is 4.90. The Hall–Kier alpha value is -2.67. The molecule has 1 aliphatic rings. The Balaban J connectivity index is 1.61. The number of likely N-dealkylation sites (N-methyl/N-ethyl adjacent to an activating group) is 1. The molecule has 0 spiro atoms. The van der Waals surface area contributed by atoms with Gasteiger partial charge in [0.2, 0.25) is 5.91 Å². The van der Waals surface area contributed by atoms with Crippen molar-refractivity contribution in [1.29, 1.82) is 0 Å². The van der Waals surface area contributed by atoms with E-state index in [1.165, 1.54) is 0 Å². The second-order valence-corrected chi connectivity index (χ2v) is 7.83. The molecule has 0 aromatic carbocycles. The molecule has 0 radical (unpaired) electrons. The molecule has 0 N–H and O–H groups in total. The van der Waals surface area contributed by atoms with Gasteiger partial charge in [0.05, 0.1) is 24.3 Å². The number of hydrogen-bond acceptors (Lipinski definition) is 4. The smallest absolute Gasteiger partial charge is 0.255 e. The molecule has 7 nitrogen and oxygen atoms in total. The topological polar surface area (TPSA) is 61.7 Å². The monoisotopic (exact) mass is 411 g/mol. The normalized spacial score (nSPS) is 14.7. The zero-order chi connectivity index (χ0) is 21.7. The lowest BCUT2D eigenvalue weighted by molar-refractivity contribution is -0.132. The molecule has 3 rings (SSSR count). The van der Waals surface area contributed by atoms with Crippen LogP contribution >= 0.6 is 0 Å². The van der Waals surface area contributed by atoms with E-state index in [2.05, 4.69) is 14.5 Å². The molecule has 0 unspecified atom stereocenters. The molecule has 1 aliphatic heterocycles. The molecule has 30 heavy (non-hydrogen) atoms. The summed E-state index contributed by atoms with van der Waals surface area (Å²) < 4.78 is 2.15. The molecule has 0 bridgehead atoms. The fraction of sp³-hybridized carbons (Fsp3) is 0.522. The average molecular weight is 412 g/mol. The molecular weight excluding hydrogens is 378 g/mol. The van der Waals surface area contributed by atoms with Crippen molar-refractivity contribution >= 4 is 11.8 Å². The summed E-state index contributed by atoms with van der Waals surface area (Å²) in [5.74, 6) is 0.239. The molecule has 7 heteroatoms. The third-order valence-electron chi connectivity index (χ3n) is 5.98. The van der Waals surface area contributed by atoms with Gasteiger partial charge in [0.15, 0.2) is 0 Å². The zero-order valence-electron chi connectivity index (χ0n) is 18.6. The van der Waals surface area contributed by atoms with Crippen LogP contribution in [0.1, 0.15) is 41.3 Å². The van der Waals surface area contributed by atoms with E-state index in [1.54, 1.807) is 6.20 Å². The Morgan fingerprint density at radius 2 is 1.77 bits per heavy atom. The Morgan fingerprint density at radius 1 is 1.07 bits per heavy atom. The molecule has 162 valence electrons. The van der Waals surface area contributed by atoms with Crippen LogP contribution in [0.15, 0.2) is 30.5 Å². The first-order valence-corrected chi connectivity index (χ1v) is 10.8. The van der Waals surface area contributed by atoms with E-state index in [0.29, 0.717) is 26.2 Å². The summed E-state index contributed by atoms with van der Waals surface area (Å²) in [5.41, 5.74) is 3.77. The molecule has 2 aromatic rings. The summed E-state index contributed by atoms with van der Waals surface area (Å²) in [5, 5.41) is 0. The molecule has 2 aromatic heterocycles. The minimum atomic E-state index is 0.0742. The van der Waals surface area contributed by atoms with E-state index in [1.807, 2.05) is 61.8 Å². The van der Waals surface area contributed by atoms with Crippen LogP contribution in [0.4, 0.5) is 0 Å². The van der Waals surface area contributed by atoms with E-state index in [4.69, 9.17) is 0 Å². The number of aromatic nitrogens is 2. The standard InChI is InChI=1S/C23H33N5O2/c1-5-26(6-2)22(29)17-25-11-13-27(14-12-25)23(30)21-15-18(3)28(19(21)4)16-20-9-7-8-10-24-20/h7-10,15H,5-6,11-14,16-17H2,1-4H3. The van der Waals surface area contributed by atoms with Gasteiger partial charge in [-0.05, 0) is 45.9 Å². The van der Waals surface area contributed by atoms with Crippen LogP contribution in [0.25, 0.3) is 0 Å². The van der Waals surface area contributed by atoms with E-state index in [0.717, 1.165) is 48.8 Å². The molecular formula is C23H33N5O2. The van der Waals surface area contributed by atoms with Crippen LogP contribution < -0.4 is 0 Å². The summed E-state index contributed by atoms with van der Waals surface area (Å²) in [6.07, 6.45) is 1.79. The number of carbonyl (C=O) groups is 2. The van der Waals surface area contributed by atoms with E-state index in [-0.39, 0.29) is 11.8 Å². The quantitative estimate of drug-likeness (QED) is 0.701. The van der Waals surface area contributed by atoms with Gasteiger partial charge in [-0.15, -0.1) is 0 Å². The SMILES string of the molecule is CCN(CC)C(=O)CN1CCN(C(=O)c2cc(C)n(Cc3ccccn3)c2C)CC1. The van der Waals surface area contributed by atoms with Crippen molar-refractivity contribution in [3.63, 3.8) is 0 Å². The Bertz CT molecular complexity index is 865. The van der Waals surface area contributed by atoms with Crippen LogP contribution in [-0.2, 0) is 11.3 Å². The van der Waals surface area contributed by atoms with E-state index in [9.17, 15) is 9.59 Å². The highest BCUT2D eigenvalue weighted by atomic mass is 16.2. The number of nitrogens with zero attached hydrogens (tertiary/aromatic N) is 5. The van der Waals surface area contributed by atoms with E-state index >= 15 is 0 Å². The van der Waals surface area contributed by atoms with Crippen molar-refractivity contribution in [2.24, 2.45) is 0 Å². The second kappa shape index (κ2) is 9.89. The molecule has 2 amide bonds. The predicted molar refractivity (Wildman–Crippen MR) is 118 cm³/mol. The number of pyridine rings is 1. The Kier molecular flexibility index (Phi) is 7.26. The number of aryl methyl sites for hydroxylation is 1. The van der Waals surface area contributed by atoms with Crippen LogP contribution in [0.5, 0.6) is 0 Å². The van der Waals surface area contributed by atoms with Crippen molar-refractivity contribution in [3.8, 4) is 0 Å². The maximum absolute atomic E-state index is 13.2. The Labute approximate surface area is 179 Å². The maximum Gasteiger partial charge on any atom is 0.255 e. The molecule has 1 fully saturated rings. The van der Waals surface area contributed by atoms with Gasteiger partial charge in [-0.2, -0.15) is 0 Å². The van der Waals surface area contributed by atoms with Gasteiger partial charge in [-0.1, -0.05) is 6.07 Å². The van der Waals surface area contributed by atoms with Gasteiger partial charge in [0.1, 0.15) is 0 Å². The average Bonchev–Trinajstić information content (AvgIpc) is 3.03. The number of hydrogen-bond donors (Lipinski definition) is 0. The van der Waals surface area contributed by atoms with Crippen LogP contribution in [0, 0.1) is 13.8 Å². The van der Waals surface area contributed by atoms with Gasteiger partial charge < -0.3 is 14.4 Å². The molecule has 0 saturated carbocycles. The van der Waals surface area contributed by atoms with Crippen molar-refractivity contribution in [2.75, 3.05) is 45.8 Å². The van der Waals surface area contributed by atoms with E-state index < -0.39 is 0 Å². The fourth-order valence-corrected chi connectivity index (χ4v) is 4.06. The van der Waals surface area contributed by atoms with Gasteiger partial charge in [0, 0.05) is 56.9 Å². The van der Waals surface area contributed by atoms with Crippen LogP contribution in [0.2, 0.25) is 0 Å². The van der Waals surface area contributed by atoms with Crippen LogP contribution in [-0.4, -0.2) is 81.9 Å². The first-order valence-electron chi connectivity index (χ1n) is 10.8. The molecule has 0 aliphatic carbocycles. The van der Waals surface area contributed by atoms with Crippen LogP contribution in [0.3, 0.4) is 0 Å². The fourth-order valence-electron chi connectivity index (χ4n) is 4.06. The lowest BCUT2D eigenvalue weighted by Gasteiger charge is -2.35. The van der Waals surface area contributed by atoms with Crippen molar-refractivity contribution in [3.05, 3.63) is 53.1 Å². The highest BCUT2D eigenvalue weighted by molar-refractivity contribution is 5.95. The zero-order valence-corrected chi connectivity index (χ0v) is 18.6.